The maximum atomic E-state index is 12.9. The Labute approximate surface area is 204 Å². The van der Waals surface area contributed by atoms with E-state index in [-0.39, 0.29) is 12.0 Å². The molecule has 4 aromatic rings. The van der Waals surface area contributed by atoms with E-state index in [2.05, 4.69) is 15.5 Å². The van der Waals surface area contributed by atoms with Gasteiger partial charge in [0.2, 0.25) is 11.8 Å². The van der Waals surface area contributed by atoms with Crippen LogP contribution < -0.4 is 10.1 Å². The molecule has 1 N–H and O–H groups in total. The maximum Gasteiger partial charge on any atom is 0.255 e. The average molecular weight is 470 g/mol. The smallest absolute Gasteiger partial charge is 0.255 e. The van der Waals surface area contributed by atoms with Crippen LogP contribution in [0.5, 0.6) is 5.75 Å². The number of hydrogen-bond acceptors (Lipinski definition) is 6. The summed E-state index contributed by atoms with van der Waals surface area (Å²) >= 11 is 0. The normalized spacial score (nSPS) is 15.2. The molecule has 0 aliphatic carbocycles. The van der Waals surface area contributed by atoms with Gasteiger partial charge < -0.3 is 19.2 Å². The Morgan fingerprint density at radius 1 is 1.03 bits per heavy atom. The number of ether oxygens (including phenoxy) is 2. The van der Waals surface area contributed by atoms with Crippen LogP contribution in [0.4, 0.5) is 5.69 Å². The quantitative estimate of drug-likeness (QED) is 0.366. The van der Waals surface area contributed by atoms with E-state index in [1.54, 1.807) is 24.3 Å². The fourth-order valence-electron chi connectivity index (χ4n) is 4.03. The van der Waals surface area contributed by atoms with Gasteiger partial charge in [-0.25, -0.2) is 0 Å². The second kappa shape index (κ2) is 10.1. The summed E-state index contributed by atoms with van der Waals surface area (Å²) in [7, 11) is 0. The first-order valence-electron chi connectivity index (χ1n) is 11.7. The molecule has 0 radical (unpaired) electrons. The lowest BCUT2D eigenvalue weighted by molar-refractivity contribution is 0.0681. The molecule has 1 fully saturated rings. The van der Waals surface area contributed by atoms with Crippen molar-refractivity contribution in [2.45, 2.75) is 32.8 Å². The Balaban J connectivity index is 1.28. The molecule has 7 nitrogen and oxygen atoms in total. The Hall–Kier alpha value is -3.97. The highest BCUT2D eigenvalue weighted by Crippen LogP contribution is 2.29. The first-order valence-corrected chi connectivity index (χ1v) is 11.7. The standard InChI is InChI=1S/C28H27N3O4/c1-18-9-14-24(25(16-18)34-17-22-7-5-15-33-22)29-26(32)20-10-12-21(13-11-20)27-30-31-28(35-27)23-8-4-3-6-19(23)2/h3-4,6,8-14,16,22H,5,7,15,17H2,1-2H3,(H,29,32). The Morgan fingerprint density at radius 2 is 1.83 bits per heavy atom. The van der Waals surface area contributed by atoms with Crippen molar-refractivity contribution in [1.82, 2.24) is 10.2 Å². The predicted octanol–water partition coefficient (Wildman–Crippen LogP) is 5.83. The molecule has 1 unspecified atom stereocenters. The van der Waals surface area contributed by atoms with Gasteiger partial charge in [0, 0.05) is 23.3 Å². The van der Waals surface area contributed by atoms with Crippen molar-refractivity contribution in [3.63, 3.8) is 0 Å². The summed E-state index contributed by atoms with van der Waals surface area (Å²) in [6.45, 7) is 5.23. The molecule has 1 aromatic heterocycles. The van der Waals surface area contributed by atoms with Crippen molar-refractivity contribution in [1.29, 1.82) is 0 Å². The van der Waals surface area contributed by atoms with Gasteiger partial charge >= 0.3 is 0 Å². The third-order valence-corrected chi connectivity index (χ3v) is 6.03. The molecule has 1 aliphatic heterocycles. The number of aromatic nitrogens is 2. The molecule has 35 heavy (non-hydrogen) atoms. The first-order chi connectivity index (χ1) is 17.1. The molecule has 1 aliphatic rings. The molecule has 178 valence electrons. The topological polar surface area (TPSA) is 86.5 Å². The number of benzene rings is 3. The van der Waals surface area contributed by atoms with Gasteiger partial charge in [-0.15, -0.1) is 10.2 Å². The van der Waals surface area contributed by atoms with Gasteiger partial charge in [0.1, 0.15) is 12.4 Å². The van der Waals surface area contributed by atoms with Gasteiger partial charge in [-0.2, -0.15) is 0 Å². The van der Waals surface area contributed by atoms with Crippen LogP contribution in [0.1, 0.15) is 34.3 Å². The molecule has 1 atom stereocenters. The fourth-order valence-corrected chi connectivity index (χ4v) is 4.03. The summed E-state index contributed by atoms with van der Waals surface area (Å²) in [5, 5.41) is 11.3. The maximum absolute atomic E-state index is 12.9. The predicted molar refractivity (Wildman–Crippen MR) is 134 cm³/mol. The summed E-state index contributed by atoms with van der Waals surface area (Å²) in [5.41, 5.74) is 4.90. The van der Waals surface area contributed by atoms with E-state index in [0.717, 1.165) is 41.7 Å². The lowest BCUT2D eigenvalue weighted by Crippen LogP contribution is -2.18. The fraction of sp³-hybridized carbons (Fsp3) is 0.250. The Bertz CT molecular complexity index is 1320. The zero-order valence-corrected chi connectivity index (χ0v) is 19.8. The number of aryl methyl sites for hydroxylation is 2. The van der Waals surface area contributed by atoms with E-state index in [1.807, 2.05) is 56.3 Å². The molecule has 2 heterocycles. The second-order valence-electron chi connectivity index (χ2n) is 8.70. The summed E-state index contributed by atoms with van der Waals surface area (Å²) in [4.78, 5) is 12.9. The number of nitrogens with one attached hydrogen (secondary N) is 1. The van der Waals surface area contributed by atoms with E-state index in [9.17, 15) is 4.79 Å². The average Bonchev–Trinajstić information content (AvgIpc) is 3.57. The number of amides is 1. The van der Waals surface area contributed by atoms with Gasteiger partial charge in [-0.1, -0.05) is 24.3 Å². The van der Waals surface area contributed by atoms with E-state index in [4.69, 9.17) is 13.9 Å². The third-order valence-electron chi connectivity index (χ3n) is 6.03. The Kier molecular flexibility index (Phi) is 6.59. The van der Waals surface area contributed by atoms with Crippen LogP contribution in [0.25, 0.3) is 22.9 Å². The van der Waals surface area contributed by atoms with E-state index in [1.165, 1.54) is 0 Å². The molecule has 0 bridgehead atoms. The Morgan fingerprint density at radius 3 is 2.60 bits per heavy atom. The van der Waals surface area contributed by atoms with Gasteiger partial charge in [-0.05, 0) is 80.3 Å². The minimum absolute atomic E-state index is 0.0997. The number of carbonyl (C=O) groups is 1. The summed E-state index contributed by atoms with van der Waals surface area (Å²) < 4.78 is 17.5. The molecular weight excluding hydrogens is 442 g/mol. The van der Waals surface area contributed by atoms with Crippen molar-refractivity contribution in [3.05, 3.63) is 83.4 Å². The number of anilines is 1. The molecule has 0 spiro atoms. The molecular formula is C28H27N3O4. The third kappa shape index (κ3) is 5.25. The second-order valence-corrected chi connectivity index (χ2v) is 8.70. The van der Waals surface area contributed by atoms with Crippen LogP contribution in [0.15, 0.2) is 71.1 Å². The lowest BCUT2D eigenvalue weighted by atomic mass is 10.1. The van der Waals surface area contributed by atoms with Gasteiger partial charge in [0.05, 0.1) is 11.8 Å². The lowest BCUT2D eigenvalue weighted by Gasteiger charge is -2.16. The van der Waals surface area contributed by atoms with Crippen LogP contribution in [0, 0.1) is 13.8 Å². The largest absolute Gasteiger partial charge is 0.489 e. The number of hydrogen-bond donors (Lipinski definition) is 1. The van der Waals surface area contributed by atoms with Crippen molar-refractivity contribution < 1.29 is 18.7 Å². The molecule has 0 saturated carbocycles. The van der Waals surface area contributed by atoms with E-state index < -0.39 is 0 Å². The first kappa shape index (κ1) is 22.8. The minimum atomic E-state index is -0.228. The summed E-state index contributed by atoms with van der Waals surface area (Å²) in [5.74, 6) is 1.28. The van der Waals surface area contributed by atoms with E-state index in [0.29, 0.717) is 35.4 Å². The van der Waals surface area contributed by atoms with Gasteiger partial charge in [-0.3, -0.25) is 4.79 Å². The van der Waals surface area contributed by atoms with Crippen molar-refractivity contribution in [2.75, 3.05) is 18.5 Å². The highest BCUT2D eigenvalue weighted by atomic mass is 16.5. The SMILES string of the molecule is Cc1ccc(NC(=O)c2ccc(-c3nnc(-c4ccccc4C)o3)cc2)c(OCC2CCCO2)c1. The zero-order valence-electron chi connectivity index (χ0n) is 19.8. The van der Waals surface area contributed by atoms with Crippen molar-refractivity contribution in [3.8, 4) is 28.7 Å². The van der Waals surface area contributed by atoms with Crippen LogP contribution in [-0.2, 0) is 4.74 Å². The molecule has 3 aromatic carbocycles. The van der Waals surface area contributed by atoms with Crippen molar-refractivity contribution in [2.24, 2.45) is 0 Å². The number of nitrogens with zero attached hydrogens (tertiary/aromatic N) is 2. The van der Waals surface area contributed by atoms with E-state index >= 15 is 0 Å². The molecule has 1 amide bonds. The monoisotopic (exact) mass is 469 g/mol. The zero-order chi connectivity index (χ0) is 24.2. The summed E-state index contributed by atoms with van der Waals surface area (Å²) in [6.07, 6.45) is 2.15. The molecule has 1 saturated heterocycles. The minimum Gasteiger partial charge on any atom is -0.489 e. The van der Waals surface area contributed by atoms with Crippen LogP contribution in [-0.4, -0.2) is 35.4 Å². The number of carbonyl (C=O) groups excluding carboxylic acids is 1. The molecule has 5 rings (SSSR count). The van der Waals surface area contributed by atoms with Gasteiger partial charge in [0.25, 0.3) is 5.91 Å². The highest BCUT2D eigenvalue weighted by molar-refractivity contribution is 6.05. The van der Waals surface area contributed by atoms with Gasteiger partial charge in [0.15, 0.2) is 0 Å². The highest BCUT2D eigenvalue weighted by Gasteiger charge is 2.18. The molecule has 7 heteroatoms. The number of rotatable bonds is 7. The van der Waals surface area contributed by atoms with Crippen LogP contribution in [0.2, 0.25) is 0 Å². The van der Waals surface area contributed by atoms with Crippen LogP contribution in [0.3, 0.4) is 0 Å². The van der Waals surface area contributed by atoms with Crippen molar-refractivity contribution >= 4 is 11.6 Å². The summed E-state index contributed by atoms with van der Waals surface area (Å²) in [6, 6.07) is 20.7. The van der Waals surface area contributed by atoms with Crippen LogP contribution >= 0.6 is 0 Å².